The molecule has 0 unspecified atom stereocenters. The predicted octanol–water partition coefficient (Wildman–Crippen LogP) is 4.66. The Morgan fingerprint density at radius 1 is 1.30 bits per heavy atom. The predicted molar refractivity (Wildman–Crippen MR) is 86.6 cm³/mol. The molecule has 100 valence electrons. The van der Waals surface area contributed by atoms with Crippen LogP contribution >= 0.6 is 34.3 Å². The Balaban J connectivity index is 1.81. The van der Waals surface area contributed by atoms with Crippen molar-refractivity contribution in [3.8, 4) is 0 Å². The molecule has 3 rings (SSSR count). The highest BCUT2D eigenvalue weighted by atomic mass is 35.5. The first-order valence-electron chi connectivity index (χ1n) is 5.78. The highest BCUT2D eigenvalue weighted by Gasteiger charge is 2.08. The third-order valence-corrected chi connectivity index (χ3v) is 4.64. The molecule has 0 saturated heterocycles. The molecule has 0 spiro atoms. The Kier molecular flexibility index (Phi) is 3.82. The molecule has 0 radical (unpaired) electrons. The van der Waals surface area contributed by atoms with Crippen LogP contribution in [0.1, 0.15) is 4.88 Å². The third kappa shape index (κ3) is 2.75. The quantitative estimate of drug-likeness (QED) is 0.713. The fourth-order valence-electron chi connectivity index (χ4n) is 1.74. The van der Waals surface area contributed by atoms with E-state index in [9.17, 15) is 4.79 Å². The largest absolute Gasteiger partial charge is 0.321 e. The van der Waals surface area contributed by atoms with E-state index in [4.69, 9.17) is 11.6 Å². The van der Waals surface area contributed by atoms with Gasteiger partial charge < -0.3 is 5.32 Å². The van der Waals surface area contributed by atoms with Crippen LogP contribution < -0.4 is 5.32 Å². The lowest BCUT2D eigenvalue weighted by Gasteiger charge is -2.03. The van der Waals surface area contributed by atoms with Gasteiger partial charge in [0.25, 0.3) is 0 Å². The van der Waals surface area contributed by atoms with Gasteiger partial charge in [0, 0.05) is 11.0 Å². The number of benzene rings is 1. The number of thiophene rings is 1. The topological polar surface area (TPSA) is 42.0 Å². The molecule has 0 aliphatic carbocycles. The van der Waals surface area contributed by atoms with Crippen molar-refractivity contribution >= 4 is 62.2 Å². The monoisotopic (exact) mass is 320 g/mol. The van der Waals surface area contributed by atoms with E-state index in [2.05, 4.69) is 10.3 Å². The molecule has 0 bridgehead atoms. The number of carbonyl (C=O) groups is 1. The van der Waals surface area contributed by atoms with Crippen LogP contribution in [-0.4, -0.2) is 10.9 Å². The second-order valence-electron chi connectivity index (χ2n) is 3.96. The van der Waals surface area contributed by atoms with Crippen molar-refractivity contribution in [3.63, 3.8) is 0 Å². The summed E-state index contributed by atoms with van der Waals surface area (Å²) in [5, 5.41) is 5.41. The lowest BCUT2D eigenvalue weighted by molar-refractivity contribution is -0.111. The van der Waals surface area contributed by atoms with Gasteiger partial charge in [-0.2, -0.15) is 0 Å². The normalized spacial score (nSPS) is 11.2. The standard InChI is InChI=1S/C14H9ClN2OS2/c15-10-4-5-11(14-13(10)16-8-20-14)17-12(18)6-3-9-2-1-7-19-9/h1-8H,(H,17,18)/b6-3+. The van der Waals surface area contributed by atoms with Gasteiger partial charge in [0.05, 0.1) is 20.9 Å². The summed E-state index contributed by atoms with van der Waals surface area (Å²) in [6, 6.07) is 7.43. The SMILES string of the molecule is O=C(/C=C/c1cccs1)Nc1ccc(Cl)c2ncsc12. The maximum Gasteiger partial charge on any atom is 0.248 e. The van der Waals surface area contributed by atoms with Gasteiger partial charge >= 0.3 is 0 Å². The molecule has 20 heavy (non-hydrogen) atoms. The summed E-state index contributed by atoms with van der Waals surface area (Å²) in [4.78, 5) is 17.1. The van der Waals surface area contributed by atoms with Crippen molar-refractivity contribution < 1.29 is 4.79 Å². The zero-order chi connectivity index (χ0) is 13.9. The van der Waals surface area contributed by atoms with Crippen LogP contribution in [0.4, 0.5) is 5.69 Å². The summed E-state index contributed by atoms with van der Waals surface area (Å²) in [5.74, 6) is -0.171. The fraction of sp³-hybridized carbons (Fsp3) is 0. The number of aromatic nitrogens is 1. The smallest absolute Gasteiger partial charge is 0.248 e. The van der Waals surface area contributed by atoms with E-state index in [1.807, 2.05) is 17.5 Å². The van der Waals surface area contributed by atoms with Gasteiger partial charge in [0.1, 0.15) is 5.52 Å². The van der Waals surface area contributed by atoms with Crippen molar-refractivity contribution in [3.05, 3.63) is 51.1 Å². The van der Waals surface area contributed by atoms with E-state index in [-0.39, 0.29) is 5.91 Å². The maximum absolute atomic E-state index is 11.9. The Morgan fingerprint density at radius 2 is 2.20 bits per heavy atom. The van der Waals surface area contributed by atoms with E-state index >= 15 is 0 Å². The summed E-state index contributed by atoms with van der Waals surface area (Å²) in [7, 11) is 0. The number of thiazole rings is 1. The maximum atomic E-state index is 11.9. The van der Waals surface area contributed by atoms with Gasteiger partial charge in [-0.15, -0.1) is 22.7 Å². The fourth-order valence-corrected chi connectivity index (χ4v) is 3.40. The number of amides is 1. The molecule has 3 aromatic rings. The van der Waals surface area contributed by atoms with Gasteiger partial charge in [0.15, 0.2) is 0 Å². The number of hydrogen-bond donors (Lipinski definition) is 1. The summed E-state index contributed by atoms with van der Waals surface area (Å²) < 4.78 is 0.885. The van der Waals surface area contributed by atoms with Crippen LogP contribution in [0, 0.1) is 0 Å². The van der Waals surface area contributed by atoms with Crippen molar-refractivity contribution in [1.29, 1.82) is 0 Å². The molecule has 0 aliphatic rings. The number of fused-ring (bicyclic) bond motifs is 1. The van der Waals surface area contributed by atoms with Crippen LogP contribution in [0.5, 0.6) is 0 Å². The van der Waals surface area contributed by atoms with Crippen molar-refractivity contribution in [1.82, 2.24) is 4.98 Å². The first kappa shape index (κ1) is 13.3. The van der Waals surface area contributed by atoms with Gasteiger partial charge in [-0.05, 0) is 29.7 Å². The zero-order valence-electron chi connectivity index (χ0n) is 10.2. The first-order valence-corrected chi connectivity index (χ1v) is 7.92. The van der Waals surface area contributed by atoms with E-state index < -0.39 is 0 Å². The van der Waals surface area contributed by atoms with Crippen LogP contribution in [-0.2, 0) is 4.79 Å². The number of nitrogens with zero attached hydrogens (tertiary/aromatic N) is 1. The highest BCUT2D eigenvalue weighted by Crippen LogP contribution is 2.32. The molecule has 1 aromatic carbocycles. The minimum Gasteiger partial charge on any atom is -0.321 e. The van der Waals surface area contributed by atoms with Gasteiger partial charge in [-0.1, -0.05) is 17.7 Å². The molecule has 0 saturated carbocycles. The van der Waals surface area contributed by atoms with Crippen molar-refractivity contribution in [2.45, 2.75) is 0 Å². The molecule has 2 heterocycles. The lowest BCUT2D eigenvalue weighted by Crippen LogP contribution is -2.07. The summed E-state index contributed by atoms with van der Waals surface area (Å²) in [6.45, 7) is 0. The van der Waals surface area contributed by atoms with E-state index in [1.54, 1.807) is 35.1 Å². The molecule has 1 N–H and O–H groups in total. The van der Waals surface area contributed by atoms with Gasteiger partial charge in [-0.3, -0.25) is 4.79 Å². The van der Waals surface area contributed by atoms with Gasteiger partial charge in [-0.25, -0.2) is 4.98 Å². The number of carbonyl (C=O) groups excluding carboxylic acids is 1. The Labute approximate surface area is 128 Å². The highest BCUT2D eigenvalue weighted by molar-refractivity contribution is 7.17. The lowest BCUT2D eigenvalue weighted by atomic mass is 10.3. The minimum absolute atomic E-state index is 0.171. The number of hydrogen-bond acceptors (Lipinski definition) is 4. The Morgan fingerprint density at radius 3 is 3.00 bits per heavy atom. The molecule has 0 aliphatic heterocycles. The molecule has 0 fully saturated rings. The zero-order valence-corrected chi connectivity index (χ0v) is 12.6. The van der Waals surface area contributed by atoms with Crippen molar-refractivity contribution in [2.75, 3.05) is 5.32 Å². The number of anilines is 1. The Bertz CT molecular complexity index is 778. The number of halogens is 1. The van der Waals surface area contributed by atoms with Crippen molar-refractivity contribution in [2.24, 2.45) is 0 Å². The van der Waals surface area contributed by atoms with Crippen LogP contribution in [0.2, 0.25) is 5.02 Å². The van der Waals surface area contributed by atoms with E-state index in [0.717, 1.165) is 20.8 Å². The minimum atomic E-state index is -0.171. The average molecular weight is 321 g/mol. The third-order valence-electron chi connectivity index (χ3n) is 2.63. The second-order valence-corrected chi connectivity index (χ2v) is 6.20. The molecule has 1 amide bonds. The summed E-state index contributed by atoms with van der Waals surface area (Å²) in [5.41, 5.74) is 3.16. The molecular weight excluding hydrogens is 312 g/mol. The van der Waals surface area contributed by atoms with E-state index in [1.165, 1.54) is 17.4 Å². The number of nitrogens with one attached hydrogen (secondary N) is 1. The van der Waals surface area contributed by atoms with Crippen LogP contribution in [0.15, 0.2) is 41.2 Å². The first-order chi connectivity index (χ1) is 9.74. The summed E-state index contributed by atoms with van der Waals surface area (Å²) in [6.07, 6.45) is 3.31. The van der Waals surface area contributed by atoms with Crippen LogP contribution in [0.25, 0.3) is 16.3 Å². The Hall–Kier alpha value is -1.69. The molecular formula is C14H9ClN2OS2. The summed E-state index contributed by atoms with van der Waals surface area (Å²) >= 11 is 9.09. The average Bonchev–Trinajstić information content (AvgIpc) is 3.10. The molecule has 0 atom stereocenters. The van der Waals surface area contributed by atoms with Crippen LogP contribution in [0.3, 0.4) is 0 Å². The van der Waals surface area contributed by atoms with Gasteiger partial charge in [0.2, 0.25) is 5.91 Å². The van der Waals surface area contributed by atoms with E-state index in [0.29, 0.717) is 5.02 Å². The molecule has 2 aromatic heterocycles. The molecule has 3 nitrogen and oxygen atoms in total. The number of rotatable bonds is 3. The second kappa shape index (κ2) is 5.75. The molecule has 6 heteroatoms.